The minimum Gasteiger partial charge on any atom is -0.353 e. The van der Waals surface area contributed by atoms with Crippen molar-refractivity contribution in [3.05, 3.63) is 35.4 Å². The highest BCUT2D eigenvalue weighted by molar-refractivity contribution is 6.21. The molecule has 1 heterocycles. The summed E-state index contributed by atoms with van der Waals surface area (Å²) in [4.78, 5) is 37.3. The van der Waals surface area contributed by atoms with Gasteiger partial charge in [-0.05, 0) is 37.8 Å². The summed E-state index contributed by atoms with van der Waals surface area (Å²) < 4.78 is 0. The quantitative estimate of drug-likeness (QED) is 0.836. The lowest BCUT2D eigenvalue weighted by atomic mass is 10.1. The minimum atomic E-state index is -0.307. The van der Waals surface area contributed by atoms with Crippen LogP contribution in [0.3, 0.4) is 0 Å². The molecule has 0 spiro atoms. The van der Waals surface area contributed by atoms with Crippen molar-refractivity contribution < 1.29 is 14.4 Å². The Morgan fingerprint density at radius 1 is 1.24 bits per heavy atom. The van der Waals surface area contributed by atoms with Crippen molar-refractivity contribution in [3.8, 4) is 0 Å². The van der Waals surface area contributed by atoms with E-state index in [1.54, 1.807) is 24.3 Å². The van der Waals surface area contributed by atoms with Crippen LogP contribution >= 0.6 is 0 Å². The Kier molecular flexibility index (Phi) is 3.49. The van der Waals surface area contributed by atoms with Gasteiger partial charge >= 0.3 is 0 Å². The van der Waals surface area contributed by atoms with Gasteiger partial charge in [0, 0.05) is 19.0 Å². The van der Waals surface area contributed by atoms with Crippen molar-refractivity contribution in [2.45, 2.75) is 32.2 Å². The van der Waals surface area contributed by atoms with Gasteiger partial charge in [-0.25, -0.2) is 0 Å². The lowest BCUT2D eigenvalue weighted by Gasteiger charge is -2.16. The average molecular weight is 286 g/mol. The van der Waals surface area contributed by atoms with E-state index in [0.29, 0.717) is 17.0 Å². The van der Waals surface area contributed by atoms with E-state index in [4.69, 9.17) is 0 Å². The molecule has 1 aliphatic carbocycles. The van der Waals surface area contributed by atoms with Gasteiger partial charge in [-0.3, -0.25) is 19.3 Å². The molecule has 0 unspecified atom stereocenters. The molecular formula is C16H18N2O3. The fraction of sp³-hybridized carbons (Fsp3) is 0.438. The topological polar surface area (TPSA) is 66.5 Å². The first-order chi connectivity index (χ1) is 10.1. The van der Waals surface area contributed by atoms with Crippen LogP contribution in [0.15, 0.2) is 24.3 Å². The van der Waals surface area contributed by atoms with Crippen molar-refractivity contribution in [1.82, 2.24) is 10.2 Å². The van der Waals surface area contributed by atoms with E-state index in [2.05, 4.69) is 5.32 Å². The Morgan fingerprint density at radius 3 is 2.33 bits per heavy atom. The molecule has 1 fully saturated rings. The maximum atomic E-state index is 12.1. The first-order valence-electron chi connectivity index (χ1n) is 7.32. The predicted octanol–water partition coefficient (Wildman–Crippen LogP) is 1.59. The summed E-state index contributed by atoms with van der Waals surface area (Å²) in [6.07, 6.45) is 2.49. The first-order valence-corrected chi connectivity index (χ1v) is 7.32. The van der Waals surface area contributed by atoms with Gasteiger partial charge in [0.15, 0.2) is 0 Å². The molecule has 3 amide bonds. The number of nitrogens with zero attached hydrogens (tertiary/aromatic N) is 1. The highest BCUT2D eigenvalue weighted by Crippen LogP contribution is 2.32. The molecule has 21 heavy (non-hydrogen) atoms. The van der Waals surface area contributed by atoms with Gasteiger partial charge in [0.2, 0.25) is 5.91 Å². The first kappa shape index (κ1) is 13.8. The molecule has 5 heteroatoms. The predicted molar refractivity (Wildman–Crippen MR) is 76.8 cm³/mol. The SMILES string of the molecule is C[C@@H](NC(=O)CCN1C(=O)c2ccccc2C1=O)C1CC1. The number of amides is 3. The zero-order chi connectivity index (χ0) is 15.0. The number of carbonyl (C=O) groups excluding carboxylic acids is 3. The van der Waals surface area contributed by atoms with Crippen LogP contribution in [-0.4, -0.2) is 35.2 Å². The Bertz CT molecular complexity index is 572. The molecule has 3 rings (SSSR count). The smallest absolute Gasteiger partial charge is 0.261 e. The highest BCUT2D eigenvalue weighted by Gasteiger charge is 2.35. The number of hydrogen-bond donors (Lipinski definition) is 1. The molecule has 1 N–H and O–H groups in total. The Labute approximate surface area is 123 Å². The second kappa shape index (κ2) is 5.31. The summed E-state index contributed by atoms with van der Waals surface area (Å²) in [5.74, 6) is -0.128. The summed E-state index contributed by atoms with van der Waals surface area (Å²) in [6, 6.07) is 6.93. The molecule has 2 aliphatic rings. The molecule has 0 bridgehead atoms. The van der Waals surface area contributed by atoms with Gasteiger partial charge in [0.25, 0.3) is 11.8 Å². The van der Waals surface area contributed by atoms with Crippen LogP contribution in [0.2, 0.25) is 0 Å². The molecule has 110 valence electrons. The third-order valence-electron chi connectivity index (χ3n) is 4.16. The van der Waals surface area contributed by atoms with Crippen molar-refractivity contribution >= 4 is 17.7 Å². The number of nitrogens with one attached hydrogen (secondary N) is 1. The molecule has 1 saturated carbocycles. The van der Waals surface area contributed by atoms with Gasteiger partial charge in [-0.2, -0.15) is 0 Å². The van der Waals surface area contributed by atoms with Gasteiger partial charge in [0.1, 0.15) is 0 Å². The fourth-order valence-electron chi connectivity index (χ4n) is 2.70. The maximum absolute atomic E-state index is 12.1. The van der Waals surface area contributed by atoms with Crippen LogP contribution in [0, 0.1) is 5.92 Å². The van der Waals surface area contributed by atoms with Crippen LogP contribution in [0.4, 0.5) is 0 Å². The van der Waals surface area contributed by atoms with E-state index in [1.807, 2.05) is 6.92 Å². The fourth-order valence-corrected chi connectivity index (χ4v) is 2.70. The van der Waals surface area contributed by atoms with Crippen LogP contribution in [0.5, 0.6) is 0 Å². The Balaban J connectivity index is 1.58. The molecule has 0 aromatic heterocycles. The zero-order valence-corrected chi connectivity index (χ0v) is 12.0. The molecule has 5 nitrogen and oxygen atoms in total. The van der Waals surface area contributed by atoms with Gasteiger partial charge in [-0.15, -0.1) is 0 Å². The molecule has 0 saturated heterocycles. The second-order valence-corrected chi connectivity index (χ2v) is 5.75. The molecule has 1 atom stereocenters. The summed E-state index contributed by atoms with van der Waals surface area (Å²) in [5.41, 5.74) is 0.850. The summed E-state index contributed by atoms with van der Waals surface area (Å²) >= 11 is 0. The zero-order valence-electron chi connectivity index (χ0n) is 12.0. The highest BCUT2D eigenvalue weighted by atomic mass is 16.2. The standard InChI is InChI=1S/C16H18N2O3/c1-10(11-6-7-11)17-14(19)8-9-18-15(20)12-4-2-3-5-13(12)16(18)21/h2-5,10-11H,6-9H2,1H3,(H,17,19)/t10-/m1/s1. The van der Waals surface area contributed by atoms with E-state index >= 15 is 0 Å². The summed E-state index contributed by atoms with van der Waals surface area (Å²) in [5, 5.41) is 2.93. The molecule has 1 aromatic carbocycles. The van der Waals surface area contributed by atoms with Crippen LogP contribution < -0.4 is 5.32 Å². The number of benzene rings is 1. The van der Waals surface area contributed by atoms with Gasteiger partial charge in [-0.1, -0.05) is 12.1 Å². The van der Waals surface area contributed by atoms with E-state index in [9.17, 15) is 14.4 Å². The Hall–Kier alpha value is -2.17. The number of fused-ring (bicyclic) bond motifs is 1. The van der Waals surface area contributed by atoms with Gasteiger partial charge in [0.05, 0.1) is 11.1 Å². The second-order valence-electron chi connectivity index (χ2n) is 5.75. The van der Waals surface area contributed by atoms with Crippen LogP contribution in [0.1, 0.15) is 46.9 Å². The van der Waals surface area contributed by atoms with E-state index in [-0.39, 0.29) is 36.7 Å². The van der Waals surface area contributed by atoms with Crippen LogP contribution in [-0.2, 0) is 4.79 Å². The lowest BCUT2D eigenvalue weighted by Crippen LogP contribution is -2.38. The molecular weight excluding hydrogens is 268 g/mol. The van der Waals surface area contributed by atoms with Crippen molar-refractivity contribution in [2.75, 3.05) is 6.54 Å². The lowest BCUT2D eigenvalue weighted by molar-refractivity contribution is -0.121. The normalized spacial score (nSPS) is 18.6. The third-order valence-corrected chi connectivity index (χ3v) is 4.16. The molecule has 0 radical (unpaired) electrons. The van der Waals surface area contributed by atoms with Crippen molar-refractivity contribution in [1.29, 1.82) is 0 Å². The number of hydrogen-bond acceptors (Lipinski definition) is 3. The van der Waals surface area contributed by atoms with E-state index < -0.39 is 0 Å². The van der Waals surface area contributed by atoms with E-state index in [1.165, 1.54) is 12.8 Å². The Morgan fingerprint density at radius 2 is 1.81 bits per heavy atom. The molecule has 1 aliphatic heterocycles. The molecule has 1 aromatic rings. The van der Waals surface area contributed by atoms with Gasteiger partial charge < -0.3 is 5.32 Å². The summed E-state index contributed by atoms with van der Waals surface area (Å²) in [6.45, 7) is 2.13. The third kappa shape index (κ3) is 2.68. The van der Waals surface area contributed by atoms with Crippen molar-refractivity contribution in [2.24, 2.45) is 5.92 Å². The maximum Gasteiger partial charge on any atom is 0.261 e. The summed E-state index contributed by atoms with van der Waals surface area (Å²) in [7, 11) is 0. The number of rotatable bonds is 5. The van der Waals surface area contributed by atoms with Crippen molar-refractivity contribution in [3.63, 3.8) is 0 Å². The minimum absolute atomic E-state index is 0.106. The number of imide groups is 1. The average Bonchev–Trinajstić information content (AvgIpc) is 3.28. The van der Waals surface area contributed by atoms with Crippen LogP contribution in [0.25, 0.3) is 0 Å². The largest absolute Gasteiger partial charge is 0.353 e. The number of carbonyl (C=O) groups is 3. The van der Waals surface area contributed by atoms with E-state index in [0.717, 1.165) is 4.90 Å². The monoisotopic (exact) mass is 286 g/mol.